The minimum Gasteiger partial charge on any atom is -0.500 e. The van der Waals surface area contributed by atoms with E-state index in [-0.39, 0.29) is 25.5 Å². The smallest absolute Gasteiger partial charge is 0.120 e. The van der Waals surface area contributed by atoms with E-state index in [0.29, 0.717) is 0 Å². The van der Waals surface area contributed by atoms with E-state index in [1.807, 2.05) is 67.0 Å². The minimum atomic E-state index is 0. The molecule has 0 unspecified atom stereocenters. The summed E-state index contributed by atoms with van der Waals surface area (Å²) in [7, 11) is 0. The summed E-state index contributed by atoms with van der Waals surface area (Å²) in [6.45, 7) is 6.76. The fourth-order valence-corrected chi connectivity index (χ4v) is 5.34. The Bertz CT molecular complexity index is 1960. The fourth-order valence-electron chi connectivity index (χ4n) is 5.34. The van der Waals surface area contributed by atoms with Crippen molar-refractivity contribution >= 4 is 21.9 Å². The van der Waals surface area contributed by atoms with Crippen molar-refractivity contribution in [3.8, 4) is 22.5 Å². The normalized spacial score (nSPS) is 11.1. The van der Waals surface area contributed by atoms with E-state index < -0.39 is 0 Å². The molecule has 1 radical (unpaired) electrons. The van der Waals surface area contributed by atoms with Crippen molar-refractivity contribution in [1.29, 1.82) is 0 Å². The molecule has 7 rings (SSSR count). The number of hydrogen-bond donors (Lipinski definition) is 0. The van der Waals surface area contributed by atoms with Gasteiger partial charge in [0.25, 0.3) is 0 Å². The van der Waals surface area contributed by atoms with E-state index in [9.17, 15) is 0 Å². The molecular formula is C40H34IrN2O-2. The molecule has 0 amide bonds. The summed E-state index contributed by atoms with van der Waals surface area (Å²) in [6, 6.07) is 45.6. The number of hydrogen-bond acceptors (Lipinski definition) is 3. The predicted octanol–water partition coefficient (Wildman–Crippen LogP) is 10.2. The van der Waals surface area contributed by atoms with Crippen molar-refractivity contribution in [3.63, 3.8) is 0 Å². The second-order valence-electron chi connectivity index (χ2n) is 12.0. The summed E-state index contributed by atoms with van der Waals surface area (Å²) in [6.07, 6.45) is 5.65. The van der Waals surface area contributed by atoms with Crippen LogP contribution in [0.25, 0.3) is 44.5 Å². The SMILES string of the molecule is CC(C)(C)Cc1ccnc(-c2[c-]cc3oc4ccccc4c3c2)c1.[Ir].[c-]1ccccc1-c1ncccc1Cc1ccccc1. The van der Waals surface area contributed by atoms with Crippen molar-refractivity contribution in [2.24, 2.45) is 5.41 Å². The Morgan fingerprint density at radius 1 is 0.659 bits per heavy atom. The number of aromatic nitrogens is 2. The Kier molecular flexibility index (Phi) is 9.85. The predicted molar refractivity (Wildman–Crippen MR) is 177 cm³/mol. The molecule has 3 nitrogen and oxygen atoms in total. The molecule has 0 aliphatic rings. The molecule has 3 heterocycles. The van der Waals surface area contributed by atoms with E-state index >= 15 is 0 Å². The number of rotatable bonds is 5. The van der Waals surface area contributed by atoms with Gasteiger partial charge in [-0.1, -0.05) is 97.9 Å². The zero-order chi connectivity index (χ0) is 29.6. The summed E-state index contributed by atoms with van der Waals surface area (Å²) in [5, 5.41) is 2.25. The van der Waals surface area contributed by atoms with Gasteiger partial charge in [0.1, 0.15) is 5.58 Å². The Morgan fingerprint density at radius 2 is 1.45 bits per heavy atom. The largest absolute Gasteiger partial charge is 0.500 e. The number of benzene rings is 4. The molecular weight excluding hydrogens is 717 g/mol. The number of nitrogens with zero attached hydrogens (tertiary/aromatic N) is 2. The maximum atomic E-state index is 5.88. The average Bonchev–Trinajstić information content (AvgIpc) is 3.40. The second kappa shape index (κ2) is 13.9. The van der Waals surface area contributed by atoms with E-state index in [2.05, 4.69) is 104 Å². The Morgan fingerprint density at radius 3 is 2.25 bits per heavy atom. The van der Waals surface area contributed by atoms with Crippen LogP contribution in [0.2, 0.25) is 0 Å². The van der Waals surface area contributed by atoms with E-state index in [4.69, 9.17) is 4.42 Å². The van der Waals surface area contributed by atoms with Crippen LogP contribution in [0.4, 0.5) is 0 Å². The van der Waals surface area contributed by atoms with Gasteiger partial charge in [-0.2, -0.15) is 0 Å². The van der Waals surface area contributed by atoms with Gasteiger partial charge in [0, 0.05) is 37.9 Å². The maximum absolute atomic E-state index is 5.88. The Balaban J connectivity index is 0.000000175. The first-order valence-electron chi connectivity index (χ1n) is 14.7. The number of furan rings is 1. The molecule has 221 valence electrons. The van der Waals surface area contributed by atoms with Crippen molar-refractivity contribution in [2.75, 3.05) is 0 Å². The molecule has 44 heavy (non-hydrogen) atoms. The third-order valence-electron chi connectivity index (χ3n) is 7.24. The molecule has 0 aliphatic carbocycles. The second-order valence-corrected chi connectivity index (χ2v) is 12.0. The van der Waals surface area contributed by atoms with Crippen LogP contribution in [0, 0.1) is 17.5 Å². The van der Waals surface area contributed by atoms with E-state index in [1.165, 1.54) is 16.7 Å². The number of fused-ring (bicyclic) bond motifs is 3. The van der Waals surface area contributed by atoms with E-state index in [0.717, 1.165) is 57.3 Å². The standard InChI is InChI=1S/C22H20NO.C18H14N.Ir/c1-22(2,3)14-15-10-11-23-19(12-15)16-8-9-21-18(13-16)17-6-4-5-7-20(17)24-21;1-3-8-15(9-4-1)14-17-12-7-13-19-18(17)16-10-5-2-6-11-16;/h4-7,9-13H,14H2,1-3H3;1-10,12-13H,14H2;/q2*-1;. The van der Waals surface area contributed by atoms with Crippen LogP contribution < -0.4 is 0 Å². The van der Waals surface area contributed by atoms with Crippen LogP contribution in [0.15, 0.2) is 132 Å². The van der Waals surface area contributed by atoms with Crippen LogP contribution >= 0.6 is 0 Å². The van der Waals surface area contributed by atoms with E-state index in [1.54, 1.807) is 0 Å². The van der Waals surface area contributed by atoms with Gasteiger partial charge in [0.05, 0.1) is 5.58 Å². The summed E-state index contributed by atoms with van der Waals surface area (Å²) in [5.41, 5.74) is 9.91. The van der Waals surface area contributed by atoms with Crippen molar-refractivity contribution in [1.82, 2.24) is 9.97 Å². The van der Waals surface area contributed by atoms with Crippen molar-refractivity contribution < 1.29 is 24.5 Å². The molecule has 0 N–H and O–H groups in total. The van der Waals surface area contributed by atoms with Crippen molar-refractivity contribution in [3.05, 3.63) is 156 Å². The summed E-state index contributed by atoms with van der Waals surface area (Å²) < 4.78 is 5.88. The molecule has 0 saturated heterocycles. The quantitative estimate of drug-likeness (QED) is 0.165. The average molecular weight is 751 g/mol. The fraction of sp³-hybridized carbons (Fsp3) is 0.150. The van der Waals surface area contributed by atoms with Gasteiger partial charge >= 0.3 is 0 Å². The van der Waals surface area contributed by atoms with Crippen LogP contribution in [0.3, 0.4) is 0 Å². The van der Waals surface area contributed by atoms with Crippen LogP contribution in [-0.2, 0) is 32.9 Å². The topological polar surface area (TPSA) is 38.9 Å². The van der Waals surface area contributed by atoms with Gasteiger partial charge in [-0.25, -0.2) is 0 Å². The summed E-state index contributed by atoms with van der Waals surface area (Å²) in [4.78, 5) is 9.06. The monoisotopic (exact) mass is 751 g/mol. The molecule has 4 aromatic carbocycles. The molecule has 0 aliphatic heterocycles. The third kappa shape index (κ3) is 7.58. The van der Waals surface area contributed by atoms with Crippen molar-refractivity contribution in [2.45, 2.75) is 33.6 Å². The first-order chi connectivity index (χ1) is 20.9. The zero-order valence-electron chi connectivity index (χ0n) is 25.2. The molecule has 0 fully saturated rings. The van der Waals surface area contributed by atoms with Gasteiger partial charge in [-0.05, 0) is 53.4 Å². The first-order valence-corrected chi connectivity index (χ1v) is 14.7. The summed E-state index contributed by atoms with van der Waals surface area (Å²) in [5.74, 6) is 0. The molecule has 7 aromatic rings. The number of para-hydroxylation sites is 1. The van der Waals surface area contributed by atoms with Gasteiger partial charge in [-0.15, -0.1) is 59.7 Å². The Labute approximate surface area is 273 Å². The van der Waals surface area contributed by atoms with Gasteiger partial charge in [-0.3, -0.25) is 0 Å². The minimum absolute atomic E-state index is 0. The van der Waals surface area contributed by atoms with Gasteiger partial charge < -0.3 is 14.4 Å². The molecule has 0 spiro atoms. The molecule has 4 heteroatoms. The first kappa shape index (κ1) is 31.1. The summed E-state index contributed by atoms with van der Waals surface area (Å²) >= 11 is 0. The third-order valence-corrected chi connectivity index (χ3v) is 7.24. The van der Waals surface area contributed by atoms with Gasteiger partial charge in [0.15, 0.2) is 0 Å². The Hall–Kier alpha value is -4.37. The molecule has 3 aromatic heterocycles. The van der Waals surface area contributed by atoms with Crippen LogP contribution in [0.5, 0.6) is 0 Å². The molecule has 0 atom stereocenters. The maximum Gasteiger partial charge on any atom is 0.120 e. The van der Waals surface area contributed by atoms with Crippen LogP contribution in [-0.4, -0.2) is 9.97 Å². The van der Waals surface area contributed by atoms with Gasteiger partial charge in [0.2, 0.25) is 0 Å². The zero-order valence-corrected chi connectivity index (χ0v) is 27.6. The molecule has 0 bridgehead atoms. The molecule has 0 saturated carbocycles. The number of pyridine rings is 2. The van der Waals surface area contributed by atoms with Crippen LogP contribution in [0.1, 0.15) is 37.5 Å².